The number of anilines is 1. The summed E-state index contributed by atoms with van der Waals surface area (Å²) in [6, 6.07) is 6.50. The first-order valence-corrected chi connectivity index (χ1v) is 8.81. The Morgan fingerprint density at radius 2 is 2.00 bits per heavy atom. The highest BCUT2D eigenvalue weighted by Gasteiger charge is 2.39. The number of carbonyl (C=O) groups is 1. The van der Waals surface area contributed by atoms with Crippen LogP contribution in [0.5, 0.6) is 0 Å². The molecule has 3 heterocycles. The van der Waals surface area contributed by atoms with Gasteiger partial charge in [0.15, 0.2) is 0 Å². The normalized spacial score (nSPS) is 22.8. The molecule has 0 spiro atoms. The Bertz CT molecular complexity index is 781. The summed E-state index contributed by atoms with van der Waals surface area (Å²) in [5.74, 6) is 0.0888. The first-order chi connectivity index (χ1) is 12.6. The first kappa shape index (κ1) is 16.9. The fourth-order valence-electron chi connectivity index (χ4n) is 3.76. The largest absolute Gasteiger partial charge is 0.374 e. The molecule has 1 amide bonds. The fraction of sp³-hybridized carbons (Fsp3) is 0.421. The van der Waals surface area contributed by atoms with Gasteiger partial charge in [0.1, 0.15) is 5.82 Å². The average molecular weight is 356 g/mol. The third kappa shape index (κ3) is 3.14. The third-order valence-corrected chi connectivity index (χ3v) is 5.09. The fourth-order valence-corrected chi connectivity index (χ4v) is 3.76. The van der Waals surface area contributed by atoms with Gasteiger partial charge >= 0.3 is 0 Å². The molecule has 0 bridgehead atoms. The molecule has 0 aliphatic carbocycles. The van der Waals surface area contributed by atoms with Gasteiger partial charge in [-0.05, 0) is 24.6 Å². The van der Waals surface area contributed by atoms with Crippen molar-refractivity contribution in [2.45, 2.75) is 13.0 Å². The van der Waals surface area contributed by atoms with E-state index in [4.69, 9.17) is 4.74 Å². The van der Waals surface area contributed by atoms with Crippen LogP contribution in [0, 0.1) is 18.7 Å². The lowest BCUT2D eigenvalue weighted by atomic mass is 10.1. The minimum Gasteiger partial charge on any atom is -0.374 e. The standard InChI is InChI=1S/C19H21FN4O2/c1-13-4-2-5-15(20)17(13)18(25)24-11-14-10-23(8-9-26-16(14)12-24)19-21-6-3-7-22-19/h2-7,14,16H,8-12H2,1H3/t14-,16+/m0/s1. The second-order valence-corrected chi connectivity index (χ2v) is 6.81. The zero-order valence-corrected chi connectivity index (χ0v) is 14.6. The van der Waals surface area contributed by atoms with Crippen LogP contribution in [-0.2, 0) is 4.74 Å². The van der Waals surface area contributed by atoms with Crippen molar-refractivity contribution in [3.05, 3.63) is 53.6 Å². The zero-order chi connectivity index (χ0) is 18.1. The van der Waals surface area contributed by atoms with Crippen molar-refractivity contribution in [2.75, 3.05) is 37.7 Å². The van der Waals surface area contributed by atoms with Gasteiger partial charge in [0.25, 0.3) is 5.91 Å². The van der Waals surface area contributed by atoms with Crippen molar-refractivity contribution < 1.29 is 13.9 Å². The number of benzene rings is 1. The lowest BCUT2D eigenvalue weighted by molar-refractivity contribution is 0.0497. The molecule has 2 aromatic rings. The second-order valence-electron chi connectivity index (χ2n) is 6.81. The number of carbonyl (C=O) groups excluding carboxylic acids is 1. The quantitative estimate of drug-likeness (QED) is 0.823. The molecule has 2 aliphatic rings. The van der Waals surface area contributed by atoms with Gasteiger partial charge in [0, 0.05) is 44.5 Å². The molecule has 2 fully saturated rings. The molecule has 0 N–H and O–H groups in total. The minimum atomic E-state index is -0.470. The van der Waals surface area contributed by atoms with E-state index in [0.29, 0.717) is 37.8 Å². The molecule has 4 rings (SSSR count). The summed E-state index contributed by atoms with van der Waals surface area (Å²) in [6.07, 6.45) is 3.40. The van der Waals surface area contributed by atoms with Crippen LogP contribution < -0.4 is 4.90 Å². The van der Waals surface area contributed by atoms with Crippen LogP contribution in [-0.4, -0.2) is 59.7 Å². The molecular weight excluding hydrogens is 335 g/mol. The number of fused-ring (bicyclic) bond motifs is 1. The van der Waals surface area contributed by atoms with Crippen LogP contribution in [0.3, 0.4) is 0 Å². The Labute approximate surface area is 151 Å². The van der Waals surface area contributed by atoms with Gasteiger partial charge in [-0.3, -0.25) is 4.79 Å². The predicted octanol–water partition coefficient (Wildman–Crippen LogP) is 1.90. The van der Waals surface area contributed by atoms with E-state index in [0.717, 1.165) is 6.54 Å². The molecule has 7 heteroatoms. The summed E-state index contributed by atoms with van der Waals surface area (Å²) in [4.78, 5) is 25.3. The summed E-state index contributed by atoms with van der Waals surface area (Å²) < 4.78 is 20.1. The van der Waals surface area contributed by atoms with Crippen molar-refractivity contribution in [1.82, 2.24) is 14.9 Å². The molecule has 0 saturated carbocycles. The van der Waals surface area contributed by atoms with Gasteiger partial charge in [-0.15, -0.1) is 0 Å². The molecule has 1 aromatic carbocycles. The SMILES string of the molecule is Cc1cccc(F)c1C(=O)N1C[C@@H]2CN(c3ncccn3)CCO[C@@H]2C1. The van der Waals surface area contributed by atoms with Gasteiger partial charge in [-0.1, -0.05) is 12.1 Å². The topological polar surface area (TPSA) is 58.6 Å². The van der Waals surface area contributed by atoms with Crippen molar-refractivity contribution in [1.29, 1.82) is 0 Å². The maximum Gasteiger partial charge on any atom is 0.257 e. The molecule has 26 heavy (non-hydrogen) atoms. The number of aryl methyl sites for hydroxylation is 1. The zero-order valence-electron chi connectivity index (χ0n) is 14.6. The van der Waals surface area contributed by atoms with Crippen LogP contribution in [0.2, 0.25) is 0 Å². The Balaban J connectivity index is 1.51. The van der Waals surface area contributed by atoms with Crippen molar-refractivity contribution in [2.24, 2.45) is 5.92 Å². The highest BCUT2D eigenvalue weighted by Crippen LogP contribution is 2.27. The summed E-state index contributed by atoms with van der Waals surface area (Å²) >= 11 is 0. The molecule has 2 aliphatic heterocycles. The van der Waals surface area contributed by atoms with E-state index in [9.17, 15) is 9.18 Å². The highest BCUT2D eigenvalue weighted by molar-refractivity contribution is 5.96. The van der Waals surface area contributed by atoms with E-state index >= 15 is 0 Å². The Kier molecular flexibility index (Phi) is 4.55. The van der Waals surface area contributed by atoms with Gasteiger partial charge < -0.3 is 14.5 Å². The molecular formula is C19H21FN4O2. The minimum absolute atomic E-state index is 0.0419. The predicted molar refractivity (Wildman–Crippen MR) is 94.5 cm³/mol. The maximum absolute atomic E-state index is 14.2. The monoisotopic (exact) mass is 356 g/mol. The molecule has 1 aromatic heterocycles. The molecule has 2 atom stereocenters. The smallest absolute Gasteiger partial charge is 0.257 e. The van der Waals surface area contributed by atoms with Crippen LogP contribution >= 0.6 is 0 Å². The molecule has 136 valence electrons. The van der Waals surface area contributed by atoms with E-state index in [-0.39, 0.29) is 23.5 Å². The van der Waals surface area contributed by atoms with Crippen LogP contribution in [0.1, 0.15) is 15.9 Å². The van der Waals surface area contributed by atoms with Crippen molar-refractivity contribution in [3.63, 3.8) is 0 Å². The average Bonchev–Trinajstić information content (AvgIpc) is 2.94. The number of hydrogen-bond donors (Lipinski definition) is 0. The third-order valence-electron chi connectivity index (χ3n) is 5.09. The van der Waals surface area contributed by atoms with Gasteiger partial charge in [-0.25, -0.2) is 14.4 Å². The molecule has 0 unspecified atom stereocenters. The van der Waals surface area contributed by atoms with Crippen LogP contribution in [0.4, 0.5) is 10.3 Å². The van der Waals surface area contributed by atoms with Crippen molar-refractivity contribution >= 4 is 11.9 Å². The summed E-state index contributed by atoms with van der Waals surface area (Å²) in [6.45, 7) is 4.78. The Morgan fingerprint density at radius 1 is 1.19 bits per heavy atom. The van der Waals surface area contributed by atoms with E-state index in [1.807, 2.05) is 0 Å². The van der Waals surface area contributed by atoms with Crippen LogP contribution in [0.25, 0.3) is 0 Å². The number of rotatable bonds is 2. The summed E-state index contributed by atoms with van der Waals surface area (Å²) in [5.41, 5.74) is 0.814. The molecule has 2 saturated heterocycles. The van der Waals surface area contributed by atoms with Gasteiger partial charge in [-0.2, -0.15) is 0 Å². The van der Waals surface area contributed by atoms with Gasteiger partial charge in [0.05, 0.1) is 18.3 Å². The summed E-state index contributed by atoms with van der Waals surface area (Å²) in [7, 11) is 0. The number of amides is 1. The highest BCUT2D eigenvalue weighted by atomic mass is 19.1. The number of nitrogens with zero attached hydrogens (tertiary/aromatic N) is 4. The number of ether oxygens (including phenoxy) is 1. The number of likely N-dealkylation sites (tertiary alicyclic amines) is 1. The van der Waals surface area contributed by atoms with E-state index in [1.165, 1.54) is 6.07 Å². The van der Waals surface area contributed by atoms with Crippen molar-refractivity contribution in [3.8, 4) is 0 Å². The molecule has 0 radical (unpaired) electrons. The lowest BCUT2D eigenvalue weighted by Gasteiger charge is -2.23. The molecule has 6 nitrogen and oxygen atoms in total. The Hall–Kier alpha value is -2.54. The van der Waals surface area contributed by atoms with E-state index in [1.54, 1.807) is 42.4 Å². The Morgan fingerprint density at radius 3 is 2.77 bits per heavy atom. The summed E-state index contributed by atoms with van der Waals surface area (Å²) in [5, 5.41) is 0. The van der Waals surface area contributed by atoms with E-state index < -0.39 is 5.82 Å². The van der Waals surface area contributed by atoms with E-state index in [2.05, 4.69) is 14.9 Å². The number of aromatic nitrogens is 2. The van der Waals surface area contributed by atoms with Crippen LogP contribution in [0.15, 0.2) is 36.7 Å². The lowest BCUT2D eigenvalue weighted by Crippen LogP contribution is -2.35. The number of hydrogen-bond acceptors (Lipinski definition) is 5. The van der Waals surface area contributed by atoms with Gasteiger partial charge in [0.2, 0.25) is 5.95 Å². The second kappa shape index (κ2) is 6.99. The maximum atomic E-state index is 14.2. The number of halogens is 1. The first-order valence-electron chi connectivity index (χ1n) is 8.81.